The fraction of sp³-hybridized carbons (Fsp3) is 0.952. The van der Waals surface area contributed by atoms with E-state index < -0.39 is 42.3 Å². The van der Waals surface area contributed by atoms with Gasteiger partial charge in [0.1, 0.15) is 0 Å². The minimum absolute atomic E-state index is 0.550. The molecule has 0 aliphatic carbocycles. The zero-order valence-electron chi connectivity index (χ0n) is 48.7. The SMILES string of the molecule is CCCCCCCCCCCCCCCCCCCC(S)C(=O)OP(OC(=O)C(S)CCCCCCCCCCCCCCCCCCC)OC(=O)C(S)CCCCCCCCCCCCCCCCCCC. The zero-order valence-corrected chi connectivity index (χ0v) is 52.2. The molecule has 0 aliphatic rings. The van der Waals surface area contributed by atoms with E-state index >= 15 is 0 Å². The first-order chi connectivity index (χ1) is 35.8. The van der Waals surface area contributed by atoms with Crippen molar-refractivity contribution in [1.82, 2.24) is 0 Å². The van der Waals surface area contributed by atoms with Gasteiger partial charge in [-0.3, -0.25) is 14.4 Å². The number of thiol groups is 3. The van der Waals surface area contributed by atoms with Crippen LogP contribution in [0.1, 0.15) is 367 Å². The molecule has 0 N–H and O–H groups in total. The van der Waals surface area contributed by atoms with Crippen LogP contribution >= 0.6 is 46.5 Å². The van der Waals surface area contributed by atoms with Gasteiger partial charge in [0, 0.05) is 0 Å². The quantitative estimate of drug-likeness (QED) is 0.0320. The summed E-state index contributed by atoms with van der Waals surface area (Å²) in [6.45, 7) is 6.84. The van der Waals surface area contributed by atoms with E-state index in [0.717, 1.165) is 57.8 Å². The molecule has 0 radical (unpaired) electrons. The lowest BCUT2D eigenvalue weighted by Crippen LogP contribution is -2.23. The normalized spacial score (nSPS) is 13.2. The highest BCUT2D eigenvalue weighted by molar-refractivity contribution is 7.82. The van der Waals surface area contributed by atoms with Crippen LogP contribution in [0.15, 0.2) is 0 Å². The molecule has 0 saturated carbocycles. The second kappa shape index (κ2) is 59.5. The number of rotatable bonds is 60. The van der Waals surface area contributed by atoms with Crippen LogP contribution in [-0.4, -0.2) is 33.7 Å². The maximum Gasteiger partial charge on any atom is 0.537 e. The highest BCUT2D eigenvalue weighted by atomic mass is 32.1. The molecule has 0 fully saturated rings. The van der Waals surface area contributed by atoms with Gasteiger partial charge in [0.05, 0.1) is 15.7 Å². The molecule has 10 heteroatoms. The number of carbonyl (C=O) groups excluding carboxylic acids is 3. The van der Waals surface area contributed by atoms with E-state index in [1.807, 2.05) is 0 Å². The molecule has 73 heavy (non-hydrogen) atoms. The van der Waals surface area contributed by atoms with Gasteiger partial charge < -0.3 is 13.6 Å². The van der Waals surface area contributed by atoms with E-state index in [1.165, 1.54) is 270 Å². The molecule has 0 spiro atoms. The van der Waals surface area contributed by atoms with Crippen LogP contribution in [0, 0.1) is 0 Å². The van der Waals surface area contributed by atoms with Crippen LogP contribution in [-0.2, 0) is 28.0 Å². The maximum absolute atomic E-state index is 13.2. The third kappa shape index (κ3) is 53.7. The van der Waals surface area contributed by atoms with Crippen molar-refractivity contribution in [3.05, 3.63) is 0 Å². The van der Waals surface area contributed by atoms with Crippen LogP contribution in [0.2, 0.25) is 0 Å². The summed E-state index contributed by atoms with van der Waals surface area (Å²) in [4.78, 5) is 39.7. The Hall–Kier alpha value is -0.110. The molecule has 0 saturated heterocycles. The fourth-order valence-corrected chi connectivity index (χ4v) is 11.9. The summed E-state index contributed by atoms with van der Waals surface area (Å²) in [5, 5.41) is -2.08. The number of hydrogen-bond acceptors (Lipinski definition) is 9. The Balaban J connectivity index is 4.60. The first-order valence-corrected chi connectivity index (χ1v) is 34.9. The van der Waals surface area contributed by atoms with Crippen molar-refractivity contribution in [3.63, 3.8) is 0 Å². The van der Waals surface area contributed by atoms with Gasteiger partial charge in [-0.25, -0.2) is 0 Å². The summed E-state index contributed by atoms with van der Waals surface area (Å²) in [7, 11) is -2.59. The summed E-state index contributed by atoms with van der Waals surface area (Å²) >= 11 is 13.7. The molecule has 0 aromatic heterocycles. The molecule has 0 rings (SSSR count). The molecule has 0 aromatic carbocycles. The highest BCUT2D eigenvalue weighted by Crippen LogP contribution is 2.43. The van der Waals surface area contributed by atoms with E-state index in [2.05, 4.69) is 58.7 Å². The zero-order chi connectivity index (χ0) is 53.3. The van der Waals surface area contributed by atoms with E-state index in [4.69, 9.17) is 13.6 Å². The molecular weight excluding hydrogens is 980 g/mol. The molecule has 0 amide bonds. The van der Waals surface area contributed by atoms with E-state index in [-0.39, 0.29) is 0 Å². The standard InChI is InChI=1S/C63H123O6PS3/c1-4-7-10-13-16-19-22-25-28-31-34-37-40-43-46-49-52-55-58(71)61(64)67-70(68-62(65)59(72)56-53-50-47-44-41-38-35-32-29-26-23-20-17-14-11-8-5-2)69-63(66)60(73)57-54-51-48-45-42-39-36-33-30-27-24-21-18-15-12-9-6-3/h58-60,71-73H,4-57H2,1-3H3. The molecule has 0 aromatic rings. The molecule has 0 aliphatic heterocycles. The van der Waals surface area contributed by atoms with Gasteiger partial charge in [-0.15, -0.1) is 0 Å². The minimum atomic E-state index is -2.59. The van der Waals surface area contributed by atoms with E-state index in [0.29, 0.717) is 19.3 Å². The topological polar surface area (TPSA) is 78.9 Å². The van der Waals surface area contributed by atoms with Crippen LogP contribution < -0.4 is 0 Å². The average Bonchev–Trinajstić information content (AvgIpc) is 3.38. The summed E-state index contributed by atoms with van der Waals surface area (Å²) in [5.41, 5.74) is 0. The van der Waals surface area contributed by atoms with Gasteiger partial charge in [-0.1, -0.05) is 348 Å². The van der Waals surface area contributed by atoms with Crippen molar-refractivity contribution >= 4 is 64.4 Å². The molecule has 434 valence electrons. The van der Waals surface area contributed by atoms with Crippen molar-refractivity contribution in [3.8, 4) is 0 Å². The maximum atomic E-state index is 13.2. The monoisotopic (exact) mass is 1100 g/mol. The first kappa shape index (κ1) is 72.9. The largest absolute Gasteiger partial charge is 0.537 e. The lowest BCUT2D eigenvalue weighted by Gasteiger charge is -2.20. The number of carbonyl (C=O) groups is 3. The number of unbranched alkanes of at least 4 members (excludes halogenated alkanes) is 48. The Morgan fingerprint density at radius 2 is 0.370 bits per heavy atom. The third-order valence-corrected chi connectivity index (χ3v) is 17.4. The van der Waals surface area contributed by atoms with Crippen LogP contribution in [0.5, 0.6) is 0 Å². The molecule has 3 atom stereocenters. The van der Waals surface area contributed by atoms with E-state index in [1.54, 1.807) is 0 Å². The summed E-state index contributed by atoms with van der Waals surface area (Å²) in [5.74, 6) is -1.88. The van der Waals surface area contributed by atoms with Crippen molar-refractivity contribution in [1.29, 1.82) is 0 Å². The summed E-state index contributed by atoms with van der Waals surface area (Å²) in [6, 6.07) is 0. The molecule has 3 unspecified atom stereocenters. The molecule has 0 heterocycles. The van der Waals surface area contributed by atoms with Crippen LogP contribution in [0.25, 0.3) is 0 Å². The molecule has 0 bridgehead atoms. The van der Waals surface area contributed by atoms with Crippen LogP contribution in [0.3, 0.4) is 0 Å². The minimum Gasteiger partial charge on any atom is -0.374 e. The fourth-order valence-electron chi connectivity index (χ4n) is 10.0. The predicted molar refractivity (Wildman–Crippen MR) is 330 cm³/mol. The smallest absolute Gasteiger partial charge is 0.374 e. The second-order valence-corrected chi connectivity index (χ2v) is 25.2. The van der Waals surface area contributed by atoms with E-state index in [9.17, 15) is 14.4 Å². The van der Waals surface area contributed by atoms with Crippen molar-refractivity contribution in [2.75, 3.05) is 0 Å². The number of hydrogen-bond donors (Lipinski definition) is 3. The van der Waals surface area contributed by atoms with Gasteiger partial charge >= 0.3 is 26.5 Å². The van der Waals surface area contributed by atoms with Gasteiger partial charge in [0.2, 0.25) is 0 Å². The Morgan fingerprint density at radius 3 is 0.507 bits per heavy atom. The molecular formula is C63H123O6PS3. The van der Waals surface area contributed by atoms with Crippen LogP contribution in [0.4, 0.5) is 0 Å². The Kier molecular flexibility index (Phi) is 59.5. The Morgan fingerprint density at radius 1 is 0.247 bits per heavy atom. The Labute approximate surface area is 472 Å². The lowest BCUT2D eigenvalue weighted by atomic mass is 10.0. The third-order valence-electron chi connectivity index (χ3n) is 15.1. The Bertz CT molecular complexity index is 1030. The average molecular weight is 1100 g/mol. The highest BCUT2D eigenvalue weighted by Gasteiger charge is 2.33. The van der Waals surface area contributed by atoms with Gasteiger partial charge in [0.25, 0.3) is 0 Å². The second-order valence-electron chi connectivity index (χ2n) is 22.3. The summed E-state index contributed by atoms with van der Waals surface area (Å²) < 4.78 is 16.8. The van der Waals surface area contributed by atoms with Crippen molar-refractivity contribution < 1.29 is 28.0 Å². The van der Waals surface area contributed by atoms with Crippen molar-refractivity contribution in [2.24, 2.45) is 0 Å². The van der Waals surface area contributed by atoms with Crippen molar-refractivity contribution in [2.45, 2.75) is 383 Å². The van der Waals surface area contributed by atoms with Gasteiger partial charge in [-0.05, 0) is 19.3 Å². The molecule has 6 nitrogen and oxygen atoms in total. The summed E-state index contributed by atoms with van der Waals surface area (Å²) in [6.07, 6.45) is 67.7. The lowest BCUT2D eigenvalue weighted by molar-refractivity contribution is -0.142. The van der Waals surface area contributed by atoms with Gasteiger partial charge in [-0.2, -0.15) is 37.9 Å². The first-order valence-electron chi connectivity index (χ1n) is 32.3. The van der Waals surface area contributed by atoms with Gasteiger partial charge in [0.15, 0.2) is 0 Å². The predicted octanol–water partition coefficient (Wildman–Crippen LogP) is 22.9.